The molecule has 0 fully saturated rings. The molecule has 0 spiro atoms. The summed E-state index contributed by atoms with van der Waals surface area (Å²) in [7, 11) is 1.52. The highest BCUT2D eigenvalue weighted by Gasteiger charge is 2.29. The van der Waals surface area contributed by atoms with Crippen molar-refractivity contribution in [2.75, 3.05) is 20.2 Å². The molecule has 1 N–H and O–H groups in total. The van der Waals surface area contributed by atoms with E-state index < -0.39 is 0 Å². The number of carbonyl (C=O) groups is 2. The number of amides is 2. The Morgan fingerprint density at radius 2 is 2.00 bits per heavy atom. The first-order valence-electron chi connectivity index (χ1n) is 8.51. The zero-order chi connectivity index (χ0) is 17.8. The van der Waals surface area contributed by atoms with Crippen LogP contribution in [0.5, 0.6) is 5.75 Å². The summed E-state index contributed by atoms with van der Waals surface area (Å²) in [5.41, 5.74) is 1.58. The average Bonchev–Trinajstić information content (AvgIpc) is 3.13. The van der Waals surface area contributed by atoms with E-state index in [-0.39, 0.29) is 24.4 Å². The molecule has 0 aliphatic carbocycles. The SMILES string of the molecule is CCC1c2cccn2CCN1C(=O)CNC(=O)c1ccccc1OC. The topological polar surface area (TPSA) is 63.6 Å². The van der Waals surface area contributed by atoms with E-state index in [9.17, 15) is 9.59 Å². The van der Waals surface area contributed by atoms with Crippen molar-refractivity contribution in [3.05, 3.63) is 53.9 Å². The molecular formula is C19H23N3O3. The predicted molar refractivity (Wildman–Crippen MR) is 94.5 cm³/mol. The lowest BCUT2D eigenvalue weighted by molar-refractivity contribution is -0.133. The Balaban J connectivity index is 1.66. The van der Waals surface area contributed by atoms with Crippen LogP contribution in [-0.2, 0) is 11.3 Å². The molecule has 1 aromatic heterocycles. The molecule has 0 saturated heterocycles. The third kappa shape index (κ3) is 3.38. The average molecular weight is 341 g/mol. The zero-order valence-electron chi connectivity index (χ0n) is 14.6. The van der Waals surface area contributed by atoms with E-state index in [1.165, 1.54) is 7.11 Å². The number of hydrogen-bond donors (Lipinski definition) is 1. The van der Waals surface area contributed by atoms with E-state index in [1.54, 1.807) is 24.3 Å². The van der Waals surface area contributed by atoms with E-state index in [2.05, 4.69) is 22.9 Å². The van der Waals surface area contributed by atoms with Crippen LogP contribution < -0.4 is 10.1 Å². The van der Waals surface area contributed by atoms with Gasteiger partial charge in [0.25, 0.3) is 5.91 Å². The highest BCUT2D eigenvalue weighted by atomic mass is 16.5. The maximum atomic E-state index is 12.7. The van der Waals surface area contributed by atoms with Crippen molar-refractivity contribution in [2.45, 2.75) is 25.9 Å². The molecule has 0 saturated carbocycles. The highest BCUT2D eigenvalue weighted by molar-refractivity contribution is 5.98. The highest BCUT2D eigenvalue weighted by Crippen LogP contribution is 2.28. The normalized spacial score (nSPS) is 16.2. The second-order valence-corrected chi connectivity index (χ2v) is 6.02. The first-order chi connectivity index (χ1) is 12.2. The van der Waals surface area contributed by atoms with Crippen molar-refractivity contribution in [3.8, 4) is 5.75 Å². The number of benzene rings is 1. The lowest BCUT2D eigenvalue weighted by Crippen LogP contribution is -2.46. The predicted octanol–water partition coefficient (Wildman–Crippen LogP) is 2.22. The summed E-state index contributed by atoms with van der Waals surface area (Å²) in [5.74, 6) is 0.122. The smallest absolute Gasteiger partial charge is 0.255 e. The third-order valence-corrected chi connectivity index (χ3v) is 4.62. The number of carbonyl (C=O) groups excluding carboxylic acids is 2. The Kier molecular flexibility index (Phi) is 5.07. The molecule has 6 nitrogen and oxygen atoms in total. The van der Waals surface area contributed by atoms with Gasteiger partial charge in [0, 0.05) is 25.0 Å². The lowest BCUT2D eigenvalue weighted by Gasteiger charge is -2.36. The summed E-state index contributed by atoms with van der Waals surface area (Å²) in [4.78, 5) is 26.9. The standard InChI is InChI=1S/C19H23N3O3/c1-3-15-16-8-6-10-21(16)11-12-22(15)18(23)13-20-19(24)14-7-4-5-9-17(14)25-2/h4-10,15H,3,11-13H2,1-2H3,(H,20,24). The van der Waals surface area contributed by atoms with Crippen molar-refractivity contribution >= 4 is 11.8 Å². The minimum absolute atomic E-state index is 0.0198. The molecule has 25 heavy (non-hydrogen) atoms. The molecule has 2 aromatic rings. The van der Waals surface area contributed by atoms with Crippen LogP contribution in [0.15, 0.2) is 42.6 Å². The molecule has 1 unspecified atom stereocenters. The Morgan fingerprint density at radius 1 is 1.20 bits per heavy atom. The Labute approximate surface area is 147 Å². The first kappa shape index (κ1) is 17.1. The monoisotopic (exact) mass is 341 g/mol. The summed E-state index contributed by atoms with van der Waals surface area (Å²) < 4.78 is 7.38. The van der Waals surface area contributed by atoms with Crippen LogP contribution in [0.2, 0.25) is 0 Å². The van der Waals surface area contributed by atoms with Crippen molar-refractivity contribution in [2.24, 2.45) is 0 Å². The second-order valence-electron chi connectivity index (χ2n) is 6.02. The number of para-hydroxylation sites is 1. The summed E-state index contributed by atoms with van der Waals surface area (Å²) >= 11 is 0. The molecule has 2 amide bonds. The Hall–Kier alpha value is -2.76. The number of hydrogen-bond acceptors (Lipinski definition) is 3. The number of aromatic nitrogens is 1. The van der Waals surface area contributed by atoms with Crippen LogP contribution in [0.3, 0.4) is 0 Å². The van der Waals surface area contributed by atoms with E-state index in [4.69, 9.17) is 4.74 Å². The fourth-order valence-corrected chi connectivity index (χ4v) is 3.38. The molecule has 6 heteroatoms. The maximum absolute atomic E-state index is 12.7. The molecule has 1 aromatic carbocycles. The Bertz CT molecular complexity index is 769. The van der Waals surface area contributed by atoms with Gasteiger partial charge in [0.15, 0.2) is 0 Å². The van der Waals surface area contributed by atoms with Crippen LogP contribution >= 0.6 is 0 Å². The molecular weight excluding hydrogens is 318 g/mol. The minimum Gasteiger partial charge on any atom is -0.496 e. The van der Waals surface area contributed by atoms with Crippen molar-refractivity contribution in [1.29, 1.82) is 0 Å². The number of methoxy groups -OCH3 is 1. The van der Waals surface area contributed by atoms with Crippen LogP contribution in [0.4, 0.5) is 0 Å². The zero-order valence-corrected chi connectivity index (χ0v) is 14.6. The minimum atomic E-state index is -0.306. The number of ether oxygens (including phenoxy) is 1. The lowest BCUT2D eigenvalue weighted by atomic mass is 10.1. The van der Waals surface area contributed by atoms with Gasteiger partial charge in [-0.15, -0.1) is 0 Å². The van der Waals surface area contributed by atoms with Gasteiger partial charge in [-0.05, 0) is 30.7 Å². The van der Waals surface area contributed by atoms with Crippen LogP contribution in [0.25, 0.3) is 0 Å². The fraction of sp³-hybridized carbons (Fsp3) is 0.368. The van der Waals surface area contributed by atoms with Gasteiger partial charge in [-0.3, -0.25) is 9.59 Å². The van der Waals surface area contributed by atoms with E-state index >= 15 is 0 Å². The van der Waals surface area contributed by atoms with Crippen LogP contribution in [0.1, 0.15) is 35.4 Å². The van der Waals surface area contributed by atoms with Gasteiger partial charge in [0.2, 0.25) is 5.91 Å². The van der Waals surface area contributed by atoms with E-state index in [1.807, 2.05) is 17.2 Å². The van der Waals surface area contributed by atoms with Gasteiger partial charge in [-0.25, -0.2) is 0 Å². The van der Waals surface area contributed by atoms with Gasteiger partial charge in [0.05, 0.1) is 25.3 Å². The van der Waals surface area contributed by atoms with Crippen LogP contribution in [0, 0.1) is 0 Å². The third-order valence-electron chi connectivity index (χ3n) is 4.62. The molecule has 3 rings (SSSR count). The fourth-order valence-electron chi connectivity index (χ4n) is 3.38. The molecule has 0 radical (unpaired) electrons. The maximum Gasteiger partial charge on any atom is 0.255 e. The van der Waals surface area contributed by atoms with Crippen molar-refractivity contribution < 1.29 is 14.3 Å². The molecule has 1 aliphatic heterocycles. The van der Waals surface area contributed by atoms with Gasteiger partial charge < -0.3 is 19.5 Å². The number of fused-ring (bicyclic) bond motifs is 1. The van der Waals surface area contributed by atoms with E-state index in [0.717, 1.165) is 18.7 Å². The molecule has 132 valence electrons. The van der Waals surface area contributed by atoms with Gasteiger partial charge in [0.1, 0.15) is 5.75 Å². The van der Waals surface area contributed by atoms with Crippen molar-refractivity contribution in [1.82, 2.24) is 14.8 Å². The second kappa shape index (κ2) is 7.42. The van der Waals surface area contributed by atoms with Gasteiger partial charge >= 0.3 is 0 Å². The summed E-state index contributed by atoms with van der Waals surface area (Å²) in [5, 5.41) is 2.72. The molecule has 1 atom stereocenters. The molecule has 1 aliphatic rings. The number of nitrogens with zero attached hydrogens (tertiary/aromatic N) is 2. The van der Waals surface area contributed by atoms with Crippen molar-refractivity contribution in [3.63, 3.8) is 0 Å². The van der Waals surface area contributed by atoms with Gasteiger partial charge in [-0.2, -0.15) is 0 Å². The summed E-state index contributed by atoms with van der Waals surface area (Å²) in [6.45, 7) is 3.49. The summed E-state index contributed by atoms with van der Waals surface area (Å²) in [6, 6.07) is 11.1. The van der Waals surface area contributed by atoms with E-state index in [0.29, 0.717) is 17.9 Å². The largest absolute Gasteiger partial charge is 0.496 e. The van der Waals surface area contributed by atoms with Crippen LogP contribution in [-0.4, -0.2) is 41.5 Å². The summed E-state index contributed by atoms with van der Waals surface area (Å²) in [6.07, 6.45) is 2.89. The first-order valence-corrected chi connectivity index (χ1v) is 8.51. The number of rotatable bonds is 5. The number of nitrogens with one attached hydrogen (secondary N) is 1. The Morgan fingerprint density at radius 3 is 2.76 bits per heavy atom. The quantitative estimate of drug-likeness (QED) is 0.907. The molecule has 0 bridgehead atoms. The van der Waals surface area contributed by atoms with Gasteiger partial charge in [-0.1, -0.05) is 19.1 Å². The molecule has 2 heterocycles.